The predicted octanol–water partition coefficient (Wildman–Crippen LogP) is 2.08. The third kappa shape index (κ3) is 2.43. The first-order valence-corrected chi connectivity index (χ1v) is 6.75. The summed E-state index contributed by atoms with van der Waals surface area (Å²) in [5.41, 5.74) is 1.22. The Kier molecular flexibility index (Phi) is 3.59. The van der Waals surface area contributed by atoms with Crippen molar-refractivity contribution in [1.82, 2.24) is 10.3 Å². The molecule has 1 aromatic heterocycles. The van der Waals surface area contributed by atoms with Crippen LogP contribution < -0.4 is 5.32 Å². The molecule has 0 fully saturated rings. The van der Waals surface area contributed by atoms with Crippen LogP contribution in [0.2, 0.25) is 0 Å². The minimum Gasteiger partial charge on any atom is -0.356 e. The molecule has 4 heteroatoms. The van der Waals surface area contributed by atoms with E-state index in [1.807, 2.05) is 6.92 Å². The minimum atomic E-state index is 0.166. The van der Waals surface area contributed by atoms with Crippen molar-refractivity contribution in [2.75, 3.05) is 6.54 Å². The fourth-order valence-electron chi connectivity index (χ4n) is 2.12. The summed E-state index contributed by atoms with van der Waals surface area (Å²) in [4.78, 5) is 17.7. The standard InChI is InChI=1S/C12H18N2OS/c1-3-6-13-12(15)9-4-5-10-11(7-9)16-8(2)14-10/h9H,3-7H2,1-2H3,(H,13,15). The van der Waals surface area contributed by atoms with Crippen LogP contribution in [0.1, 0.15) is 35.3 Å². The van der Waals surface area contributed by atoms with Crippen molar-refractivity contribution in [1.29, 1.82) is 0 Å². The molecule has 1 aliphatic carbocycles. The Labute approximate surface area is 100 Å². The summed E-state index contributed by atoms with van der Waals surface area (Å²) >= 11 is 1.74. The van der Waals surface area contributed by atoms with Gasteiger partial charge in [-0.15, -0.1) is 11.3 Å². The van der Waals surface area contributed by atoms with E-state index in [0.717, 1.165) is 37.2 Å². The number of nitrogens with one attached hydrogen (secondary N) is 1. The van der Waals surface area contributed by atoms with Gasteiger partial charge in [0, 0.05) is 17.3 Å². The highest BCUT2D eigenvalue weighted by Gasteiger charge is 2.26. The molecule has 0 radical (unpaired) electrons. The largest absolute Gasteiger partial charge is 0.356 e. The topological polar surface area (TPSA) is 42.0 Å². The number of aromatic nitrogens is 1. The number of carbonyl (C=O) groups excluding carboxylic acids is 1. The molecule has 88 valence electrons. The first kappa shape index (κ1) is 11.6. The smallest absolute Gasteiger partial charge is 0.223 e. The normalized spacial score (nSPS) is 19.2. The van der Waals surface area contributed by atoms with E-state index in [4.69, 9.17) is 0 Å². The number of rotatable bonds is 3. The lowest BCUT2D eigenvalue weighted by molar-refractivity contribution is -0.125. The van der Waals surface area contributed by atoms with Crippen molar-refractivity contribution in [3.05, 3.63) is 15.6 Å². The number of amides is 1. The molecule has 1 aromatic rings. The SMILES string of the molecule is CCCNC(=O)C1CCc2nc(C)sc2C1. The van der Waals surface area contributed by atoms with Crippen LogP contribution >= 0.6 is 11.3 Å². The van der Waals surface area contributed by atoms with Crippen LogP contribution in [0.4, 0.5) is 0 Å². The van der Waals surface area contributed by atoms with Gasteiger partial charge in [0.2, 0.25) is 5.91 Å². The average Bonchev–Trinajstić information content (AvgIpc) is 2.64. The Morgan fingerprint density at radius 1 is 1.62 bits per heavy atom. The maximum absolute atomic E-state index is 11.8. The summed E-state index contributed by atoms with van der Waals surface area (Å²) in [6, 6.07) is 0. The molecule has 2 rings (SSSR count). The molecular weight excluding hydrogens is 220 g/mol. The lowest BCUT2D eigenvalue weighted by Crippen LogP contribution is -2.34. The van der Waals surface area contributed by atoms with Crippen LogP contribution in [-0.2, 0) is 17.6 Å². The van der Waals surface area contributed by atoms with Crippen molar-refractivity contribution in [3.63, 3.8) is 0 Å². The summed E-state index contributed by atoms with van der Waals surface area (Å²) in [7, 11) is 0. The molecule has 0 saturated carbocycles. The fraction of sp³-hybridized carbons (Fsp3) is 0.667. The van der Waals surface area contributed by atoms with E-state index in [1.165, 1.54) is 10.6 Å². The van der Waals surface area contributed by atoms with Crippen molar-refractivity contribution >= 4 is 17.2 Å². The molecule has 0 aromatic carbocycles. The van der Waals surface area contributed by atoms with Crippen molar-refractivity contribution in [3.8, 4) is 0 Å². The number of fused-ring (bicyclic) bond motifs is 1. The van der Waals surface area contributed by atoms with Gasteiger partial charge in [-0.05, 0) is 32.6 Å². The average molecular weight is 238 g/mol. The molecule has 1 heterocycles. The van der Waals surface area contributed by atoms with E-state index in [2.05, 4.69) is 17.2 Å². The number of hydrogen-bond donors (Lipinski definition) is 1. The number of hydrogen-bond acceptors (Lipinski definition) is 3. The first-order valence-electron chi connectivity index (χ1n) is 5.93. The third-order valence-electron chi connectivity index (χ3n) is 2.97. The predicted molar refractivity (Wildman–Crippen MR) is 65.7 cm³/mol. The zero-order chi connectivity index (χ0) is 11.5. The summed E-state index contributed by atoms with van der Waals surface area (Å²) in [5, 5.41) is 4.11. The van der Waals surface area contributed by atoms with E-state index in [-0.39, 0.29) is 11.8 Å². The Balaban J connectivity index is 1.99. The summed E-state index contributed by atoms with van der Waals surface area (Å²) in [5.74, 6) is 0.387. The van der Waals surface area contributed by atoms with Crippen LogP contribution in [0.3, 0.4) is 0 Å². The van der Waals surface area contributed by atoms with Gasteiger partial charge < -0.3 is 5.32 Å². The van der Waals surface area contributed by atoms with E-state index in [9.17, 15) is 4.79 Å². The molecule has 1 unspecified atom stereocenters. The quantitative estimate of drug-likeness (QED) is 0.876. The number of carbonyl (C=O) groups is 1. The molecular formula is C12H18N2OS. The Bertz CT molecular complexity index is 386. The van der Waals surface area contributed by atoms with Gasteiger partial charge in [-0.3, -0.25) is 4.79 Å². The van der Waals surface area contributed by atoms with Crippen LogP contribution in [-0.4, -0.2) is 17.4 Å². The molecule has 1 amide bonds. The molecule has 1 atom stereocenters. The maximum atomic E-state index is 11.8. The van der Waals surface area contributed by atoms with Crippen LogP contribution in [0, 0.1) is 12.8 Å². The first-order chi connectivity index (χ1) is 7.70. The zero-order valence-electron chi connectivity index (χ0n) is 9.88. The summed E-state index contributed by atoms with van der Waals surface area (Å²) in [6.07, 6.45) is 3.80. The van der Waals surface area contributed by atoms with Gasteiger partial charge >= 0.3 is 0 Å². The van der Waals surface area contributed by atoms with Gasteiger partial charge in [0.1, 0.15) is 0 Å². The second-order valence-corrected chi connectivity index (χ2v) is 5.62. The number of nitrogens with zero attached hydrogens (tertiary/aromatic N) is 1. The second-order valence-electron chi connectivity index (χ2n) is 4.33. The molecule has 0 aliphatic heterocycles. The number of thiazole rings is 1. The van der Waals surface area contributed by atoms with Gasteiger partial charge in [-0.2, -0.15) is 0 Å². The molecule has 1 aliphatic rings. The van der Waals surface area contributed by atoms with Crippen LogP contribution in [0.15, 0.2) is 0 Å². The lowest BCUT2D eigenvalue weighted by Gasteiger charge is -2.20. The molecule has 1 N–H and O–H groups in total. The molecule has 0 spiro atoms. The lowest BCUT2D eigenvalue weighted by atomic mass is 9.90. The Morgan fingerprint density at radius 3 is 3.19 bits per heavy atom. The van der Waals surface area contributed by atoms with Crippen LogP contribution in [0.5, 0.6) is 0 Å². The highest BCUT2D eigenvalue weighted by molar-refractivity contribution is 7.11. The van der Waals surface area contributed by atoms with E-state index in [0.29, 0.717) is 0 Å². The van der Waals surface area contributed by atoms with Crippen molar-refractivity contribution < 1.29 is 4.79 Å². The van der Waals surface area contributed by atoms with Crippen LogP contribution in [0.25, 0.3) is 0 Å². The van der Waals surface area contributed by atoms with E-state index < -0.39 is 0 Å². The molecule has 0 bridgehead atoms. The highest BCUT2D eigenvalue weighted by Crippen LogP contribution is 2.29. The summed E-state index contributed by atoms with van der Waals surface area (Å²) < 4.78 is 0. The van der Waals surface area contributed by atoms with Gasteiger partial charge in [0.15, 0.2) is 0 Å². The second kappa shape index (κ2) is 4.95. The van der Waals surface area contributed by atoms with E-state index in [1.54, 1.807) is 11.3 Å². The van der Waals surface area contributed by atoms with Crippen molar-refractivity contribution in [2.24, 2.45) is 5.92 Å². The van der Waals surface area contributed by atoms with Gasteiger partial charge in [-0.25, -0.2) is 4.98 Å². The molecule has 16 heavy (non-hydrogen) atoms. The fourth-order valence-corrected chi connectivity index (χ4v) is 3.18. The monoisotopic (exact) mass is 238 g/mol. The summed E-state index contributed by atoms with van der Waals surface area (Å²) in [6.45, 7) is 4.91. The highest BCUT2D eigenvalue weighted by atomic mass is 32.1. The van der Waals surface area contributed by atoms with E-state index >= 15 is 0 Å². The van der Waals surface area contributed by atoms with Crippen molar-refractivity contribution in [2.45, 2.75) is 39.5 Å². The molecule has 0 saturated heterocycles. The third-order valence-corrected chi connectivity index (χ3v) is 4.00. The van der Waals surface area contributed by atoms with Gasteiger partial charge in [0.25, 0.3) is 0 Å². The van der Waals surface area contributed by atoms with Gasteiger partial charge in [0.05, 0.1) is 10.7 Å². The maximum Gasteiger partial charge on any atom is 0.223 e. The Hall–Kier alpha value is -0.900. The molecule has 3 nitrogen and oxygen atoms in total. The minimum absolute atomic E-state index is 0.166. The zero-order valence-corrected chi connectivity index (χ0v) is 10.7. The Morgan fingerprint density at radius 2 is 2.44 bits per heavy atom. The number of aryl methyl sites for hydroxylation is 2. The van der Waals surface area contributed by atoms with Gasteiger partial charge in [-0.1, -0.05) is 6.92 Å².